The zero-order valence-electron chi connectivity index (χ0n) is 18.0. The monoisotopic (exact) mass is 436 g/mol. The van der Waals surface area contributed by atoms with Crippen molar-refractivity contribution in [2.24, 2.45) is 0 Å². The third-order valence-corrected chi connectivity index (χ3v) is 5.88. The SMILES string of the molecule is CCCCCN1C(=O)C(=O)/C(=C(/O)c2cc(F)ccc2OC)C1c1c[nH]c2ccccc12. The Kier molecular flexibility index (Phi) is 5.99. The fraction of sp³-hybridized carbons (Fsp3) is 0.280. The number of unbranched alkanes of at least 4 members (excludes halogenated alkanes) is 2. The van der Waals surface area contributed by atoms with E-state index in [0.717, 1.165) is 36.2 Å². The topological polar surface area (TPSA) is 82.6 Å². The molecule has 0 bridgehead atoms. The number of ether oxygens (including phenoxy) is 1. The summed E-state index contributed by atoms with van der Waals surface area (Å²) in [6.45, 7) is 2.43. The number of rotatable bonds is 7. The molecule has 3 aromatic rings. The number of ketones is 1. The molecule has 2 heterocycles. The van der Waals surface area contributed by atoms with Crippen LogP contribution >= 0.6 is 0 Å². The van der Waals surface area contributed by atoms with E-state index in [0.29, 0.717) is 12.1 Å². The van der Waals surface area contributed by atoms with Gasteiger partial charge in [0, 0.05) is 29.2 Å². The van der Waals surface area contributed by atoms with Crippen molar-refractivity contribution in [2.45, 2.75) is 32.2 Å². The van der Waals surface area contributed by atoms with Crippen molar-refractivity contribution in [3.05, 3.63) is 71.2 Å². The van der Waals surface area contributed by atoms with Gasteiger partial charge in [-0.15, -0.1) is 0 Å². The molecule has 1 aromatic heterocycles. The molecule has 0 aliphatic carbocycles. The number of Topliss-reactive ketones (excluding diaryl/α,β-unsaturated/α-hetero) is 1. The summed E-state index contributed by atoms with van der Waals surface area (Å²) in [5.74, 6) is -2.30. The van der Waals surface area contributed by atoms with Crippen molar-refractivity contribution < 1.29 is 23.8 Å². The second kappa shape index (κ2) is 8.86. The van der Waals surface area contributed by atoms with Crippen molar-refractivity contribution in [1.29, 1.82) is 0 Å². The van der Waals surface area contributed by atoms with E-state index < -0.39 is 29.3 Å². The van der Waals surface area contributed by atoms with Crippen LogP contribution in [0.1, 0.15) is 43.4 Å². The normalized spacial score (nSPS) is 18.0. The molecule has 1 atom stereocenters. The average molecular weight is 436 g/mol. The van der Waals surface area contributed by atoms with E-state index in [-0.39, 0.29) is 16.9 Å². The molecule has 6 nitrogen and oxygen atoms in total. The molecule has 0 radical (unpaired) electrons. The largest absolute Gasteiger partial charge is 0.507 e. The van der Waals surface area contributed by atoms with Gasteiger partial charge in [0.15, 0.2) is 0 Å². The lowest BCUT2D eigenvalue weighted by molar-refractivity contribution is -0.139. The Morgan fingerprint density at radius 2 is 1.97 bits per heavy atom. The van der Waals surface area contributed by atoms with Crippen molar-refractivity contribution in [2.75, 3.05) is 13.7 Å². The Morgan fingerprint density at radius 1 is 1.19 bits per heavy atom. The van der Waals surface area contributed by atoms with E-state index in [1.807, 2.05) is 24.3 Å². The summed E-state index contributed by atoms with van der Waals surface area (Å²) < 4.78 is 19.3. The summed E-state index contributed by atoms with van der Waals surface area (Å²) in [4.78, 5) is 30.8. The first kappa shape index (κ1) is 21.6. The lowest BCUT2D eigenvalue weighted by atomic mass is 9.94. The summed E-state index contributed by atoms with van der Waals surface area (Å²) in [6.07, 6.45) is 4.35. The molecule has 1 aliphatic rings. The number of likely N-dealkylation sites (tertiary alicyclic amines) is 1. The fourth-order valence-electron chi connectivity index (χ4n) is 4.30. The van der Waals surface area contributed by atoms with Crippen LogP contribution in [-0.4, -0.2) is 40.3 Å². The highest BCUT2D eigenvalue weighted by Crippen LogP contribution is 2.43. The minimum atomic E-state index is -0.795. The van der Waals surface area contributed by atoms with Crippen LogP contribution < -0.4 is 4.74 Å². The molecular weight excluding hydrogens is 411 g/mol. The number of benzene rings is 2. The van der Waals surface area contributed by atoms with Gasteiger partial charge in [0.25, 0.3) is 11.7 Å². The van der Waals surface area contributed by atoms with Crippen LogP contribution in [0.25, 0.3) is 16.7 Å². The number of aliphatic hydroxyl groups is 1. The maximum Gasteiger partial charge on any atom is 0.295 e. The lowest BCUT2D eigenvalue weighted by Gasteiger charge is -2.25. The zero-order chi connectivity index (χ0) is 22.8. The predicted octanol–water partition coefficient (Wildman–Crippen LogP) is 4.93. The van der Waals surface area contributed by atoms with E-state index in [9.17, 15) is 19.1 Å². The molecule has 166 valence electrons. The number of para-hydroxylation sites is 1. The smallest absolute Gasteiger partial charge is 0.295 e. The average Bonchev–Trinajstić information content (AvgIpc) is 3.33. The van der Waals surface area contributed by atoms with Crippen molar-refractivity contribution in [3.8, 4) is 5.75 Å². The van der Waals surface area contributed by atoms with E-state index in [4.69, 9.17) is 4.74 Å². The first-order valence-electron chi connectivity index (χ1n) is 10.7. The molecule has 0 spiro atoms. The van der Waals surface area contributed by atoms with Gasteiger partial charge in [-0.25, -0.2) is 4.39 Å². The number of amides is 1. The maximum absolute atomic E-state index is 14.0. The molecule has 1 saturated heterocycles. The molecule has 4 rings (SSSR count). The molecular formula is C25H25FN2O4. The molecule has 2 aromatic carbocycles. The third-order valence-electron chi connectivity index (χ3n) is 5.88. The Morgan fingerprint density at radius 3 is 2.72 bits per heavy atom. The fourth-order valence-corrected chi connectivity index (χ4v) is 4.30. The van der Waals surface area contributed by atoms with Gasteiger partial charge in [0.1, 0.15) is 17.3 Å². The van der Waals surface area contributed by atoms with Crippen molar-refractivity contribution in [1.82, 2.24) is 9.88 Å². The van der Waals surface area contributed by atoms with Gasteiger partial charge >= 0.3 is 0 Å². The van der Waals surface area contributed by atoms with Gasteiger partial charge in [-0.05, 0) is 30.7 Å². The van der Waals surface area contributed by atoms with Crippen LogP contribution in [-0.2, 0) is 9.59 Å². The van der Waals surface area contributed by atoms with Crippen LogP contribution in [0.2, 0.25) is 0 Å². The quantitative estimate of drug-likeness (QED) is 0.238. The number of carbonyl (C=O) groups excluding carboxylic acids is 2. The van der Waals surface area contributed by atoms with E-state index in [2.05, 4.69) is 11.9 Å². The van der Waals surface area contributed by atoms with E-state index in [1.54, 1.807) is 6.20 Å². The molecule has 1 amide bonds. The van der Waals surface area contributed by atoms with Crippen LogP contribution in [0, 0.1) is 5.82 Å². The van der Waals surface area contributed by atoms with Gasteiger partial charge < -0.3 is 19.7 Å². The van der Waals surface area contributed by atoms with Gasteiger partial charge in [0.2, 0.25) is 0 Å². The number of fused-ring (bicyclic) bond motifs is 1. The second-order valence-electron chi connectivity index (χ2n) is 7.83. The highest BCUT2D eigenvalue weighted by molar-refractivity contribution is 6.46. The van der Waals surface area contributed by atoms with Crippen molar-refractivity contribution in [3.63, 3.8) is 0 Å². The zero-order valence-corrected chi connectivity index (χ0v) is 18.0. The molecule has 1 unspecified atom stereocenters. The summed E-state index contributed by atoms with van der Waals surface area (Å²) in [6, 6.07) is 10.4. The number of halogens is 1. The van der Waals surface area contributed by atoms with Gasteiger partial charge in [-0.3, -0.25) is 9.59 Å². The number of carbonyl (C=O) groups is 2. The molecule has 0 saturated carbocycles. The number of H-pyrrole nitrogens is 1. The highest BCUT2D eigenvalue weighted by atomic mass is 19.1. The summed E-state index contributed by atoms with van der Waals surface area (Å²) in [5.41, 5.74) is 1.52. The Hall–Kier alpha value is -3.61. The minimum absolute atomic E-state index is 0.0314. The Labute approximate surface area is 185 Å². The van der Waals surface area contributed by atoms with E-state index >= 15 is 0 Å². The van der Waals surface area contributed by atoms with Crippen LogP contribution in [0.5, 0.6) is 5.75 Å². The minimum Gasteiger partial charge on any atom is -0.507 e. The molecule has 1 aliphatic heterocycles. The number of hydrogen-bond acceptors (Lipinski definition) is 4. The standard InChI is InChI=1S/C25H25FN2O4/c1-3-4-7-12-28-22(18-14-27-19-9-6-5-8-16(18)19)21(24(30)25(28)31)23(29)17-13-15(26)10-11-20(17)32-2/h5-6,8-11,13-14,22,27,29H,3-4,7,12H2,1-2H3/b23-21+. The molecule has 2 N–H and O–H groups in total. The Balaban J connectivity index is 1.93. The number of nitrogens with one attached hydrogen (secondary N) is 1. The van der Waals surface area contributed by atoms with Gasteiger partial charge in [-0.1, -0.05) is 38.0 Å². The van der Waals surface area contributed by atoms with Gasteiger partial charge in [0.05, 0.1) is 24.3 Å². The molecule has 32 heavy (non-hydrogen) atoms. The summed E-state index contributed by atoms with van der Waals surface area (Å²) in [5, 5.41) is 12.0. The number of aliphatic hydroxyl groups excluding tert-OH is 1. The lowest BCUT2D eigenvalue weighted by Crippen LogP contribution is -2.30. The maximum atomic E-state index is 14.0. The number of hydrogen-bond donors (Lipinski definition) is 2. The predicted molar refractivity (Wildman–Crippen MR) is 120 cm³/mol. The van der Waals surface area contributed by atoms with Crippen LogP contribution in [0.3, 0.4) is 0 Å². The third kappa shape index (κ3) is 3.64. The highest BCUT2D eigenvalue weighted by Gasteiger charge is 2.46. The first-order valence-corrected chi connectivity index (χ1v) is 10.7. The number of aromatic nitrogens is 1. The molecule has 1 fully saturated rings. The van der Waals surface area contributed by atoms with E-state index in [1.165, 1.54) is 24.1 Å². The van der Waals surface area contributed by atoms with Crippen LogP contribution in [0.15, 0.2) is 54.2 Å². The number of aromatic amines is 1. The van der Waals surface area contributed by atoms with Gasteiger partial charge in [-0.2, -0.15) is 0 Å². The van der Waals surface area contributed by atoms with Crippen molar-refractivity contribution >= 4 is 28.4 Å². The second-order valence-corrected chi connectivity index (χ2v) is 7.83. The molecule has 7 heteroatoms. The number of nitrogens with zero attached hydrogens (tertiary/aromatic N) is 1. The number of methoxy groups -OCH3 is 1. The Bertz CT molecular complexity index is 1210. The summed E-state index contributed by atoms with van der Waals surface area (Å²) in [7, 11) is 1.39. The summed E-state index contributed by atoms with van der Waals surface area (Å²) >= 11 is 0. The van der Waals surface area contributed by atoms with Crippen LogP contribution in [0.4, 0.5) is 4.39 Å². The first-order chi connectivity index (χ1) is 15.5.